The van der Waals surface area contributed by atoms with Gasteiger partial charge in [0.1, 0.15) is 18.2 Å². The molecule has 2 aromatic heterocycles. The van der Waals surface area contributed by atoms with Crippen LogP contribution in [0.1, 0.15) is 91.1 Å². The van der Waals surface area contributed by atoms with Gasteiger partial charge < -0.3 is 4.42 Å². The number of aryl methyl sites for hydroxylation is 2. The minimum absolute atomic E-state index is 0.216. The Morgan fingerprint density at radius 3 is 2.51 bits per heavy atom. The van der Waals surface area contributed by atoms with Gasteiger partial charge in [-0.15, -0.1) is 0 Å². The topological polar surface area (TPSA) is 17.0 Å². The minimum atomic E-state index is -1.49. The summed E-state index contributed by atoms with van der Waals surface area (Å²) in [5.74, 6) is -0.658. The molecule has 0 bridgehead atoms. The third-order valence-corrected chi connectivity index (χ3v) is 9.25. The molecule has 1 saturated carbocycles. The second-order valence-electron chi connectivity index (χ2n) is 12.3. The van der Waals surface area contributed by atoms with E-state index < -0.39 is 12.3 Å². The quantitative estimate of drug-likeness (QED) is 0.218. The summed E-state index contributed by atoms with van der Waals surface area (Å²) in [5.41, 5.74) is 9.47. The van der Waals surface area contributed by atoms with Gasteiger partial charge in [0.25, 0.3) is 0 Å². The van der Waals surface area contributed by atoms with Crippen LogP contribution in [0.5, 0.6) is 0 Å². The lowest BCUT2D eigenvalue weighted by molar-refractivity contribution is -0.660. The number of aromatic nitrogens is 1. The first kappa shape index (κ1) is 21.4. The van der Waals surface area contributed by atoms with Gasteiger partial charge in [0.05, 0.1) is 5.56 Å². The van der Waals surface area contributed by atoms with E-state index in [1.165, 1.54) is 6.42 Å². The summed E-state index contributed by atoms with van der Waals surface area (Å²) >= 11 is 0. The van der Waals surface area contributed by atoms with Gasteiger partial charge in [0.2, 0.25) is 5.69 Å². The molecular weight excluding hydrogens is 474 g/mol. The van der Waals surface area contributed by atoms with Crippen LogP contribution in [0, 0.1) is 6.92 Å². The summed E-state index contributed by atoms with van der Waals surface area (Å²) in [6, 6.07) is 21.1. The summed E-state index contributed by atoms with van der Waals surface area (Å²) in [4.78, 5) is 0. The van der Waals surface area contributed by atoms with Gasteiger partial charge >= 0.3 is 0 Å². The maximum absolute atomic E-state index is 9.59. The average Bonchev–Trinajstić information content (AvgIpc) is 3.35. The zero-order valence-electron chi connectivity index (χ0n) is 26.7. The summed E-state index contributed by atoms with van der Waals surface area (Å²) in [6.45, 7) is 6.62. The van der Waals surface area contributed by atoms with Crippen molar-refractivity contribution in [2.75, 3.05) is 0 Å². The third-order valence-electron chi connectivity index (χ3n) is 9.25. The molecule has 0 spiro atoms. The fraction of sp³-hybridized carbons (Fsp3) is 0.378. The number of hydrogen-bond donors (Lipinski definition) is 0. The molecule has 3 aromatic carbocycles. The zero-order chi connectivity index (χ0) is 29.4. The second kappa shape index (κ2) is 9.37. The van der Waals surface area contributed by atoms with Crippen molar-refractivity contribution in [1.82, 2.24) is 0 Å². The Hall–Kier alpha value is -3.39. The highest BCUT2D eigenvalue weighted by atomic mass is 16.3. The van der Waals surface area contributed by atoms with Crippen molar-refractivity contribution < 1.29 is 13.1 Å². The Bertz CT molecular complexity index is 1860. The van der Waals surface area contributed by atoms with Crippen molar-refractivity contribution in [3.05, 3.63) is 89.1 Å². The van der Waals surface area contributed by atoms with Crippen LogP contribution in [-0.4, -0.2) is 0 Å². The van der Waals surface area contributed by atoms with Crippen LogP contribution in [0.3, 0.4) is 0 Å². The van der Waals surface area contributed by atoms with E-state index >= 15 is 0 Å². The molecule has 2 aliphatic carbocycles. The van der Waals surface area contributed by atoms with Crippen LogP contribution in [0.25, 0.3) is 44.3 Å². The highest BCUT2D eigenvalue weighted by Crippen LogP contribution is 2.49. The second-order valence-corrected chi connectivity index (χ2v) is 12.3. The van der Waals surface area contributed by atoms with E-state index in [0.29, 0.717) is 6.42 Å². The minimum Gasteiger partial charge on any atom is -0.454 e. The number of hydrogen-bond acceptors (Lipinski definition) is 1. The molecule has 0 unspecified atom stereocenters. The van der Waals surface area contributed by atoms with Crippen LogP contribution < -0.4 is 4.57 Å². The first-order valence-electron chi connectivity index (χ1n) is 16.1. The van der Waals surface area contributed by atoms with E-state index in [1.807, 2.05) is 6.07 Å². The first-order valence-corrected chi connectivity index (χ1v) is 14.6. The summed E-state index contributed by atoms with van der Waals surface area (Å²) in [7, 11) is 2.06. The van der Waals surface area contributed by atoms with Crippen LogP contribution in [0.2, 0.25) is 0 Å². The van der Waals surface area contributed by atoms with E-state index in [2.05, 4.69) is 93.2 Å². The molecule has 2 heterocycles. The number of fused-ring (bicyclic) bond motifs is 4. The molecule has 1 fully saturated rings. The van der Waals surface area contributed by atoms with Crippen molar-refractivity contribution >= 4 is 21.9 Å². The molecule has 2 aliphatic rings. The van der Waals surface area contributed by atoms with Gasteiger partial charge in [0, 0.05) is 32.6 Å². The zero-order valence-corrected chi connectivity index (χ0v) is 23.7. The molecule has 0 saturated heterocycles. The molecule has 2 heteroatoms. The van der Waals surface area contributed by atoms with E-state index in [0.717, 1.165) is 98.7 Å². The average molecular weight is 518 g/mol. The molecule has 0 radical (unpaired) electrons. The lowest BCUT2D eigenvalue weighted by Crippen LogP contribution is -2.30. The normalized spacial score (nSPS) is 20.8. The van der Waals surface area contributed by atoms with Crippen molar-refractivity contribution in [3.63, 3.8) is 0 Å². The number of para-hydroxylation sites is 1. The van der Waals surface area contributed by atoms with Gasteiger partial charge in [-0.1, -0.05) is 75.6 Å². The van der Waals surface area contributed by atoms with Crippen LogP contribution in [-0.2, 0) is 18.8 Å². The van der Waals surface area contributed by atoms with E-state index in [-0.39, 0.29) is 5.41 Å². The molecular formula is C37H40NO+. The molecule has 198 valence electrons. The van der Waals surface area contributed by atoms with Crippen molar-refractivity contribution in [2.45, 2.75) is 83.4 Å². The Balaban J connectivity index is 1.54. The van der Waals surface area contributed by atoms with Gasteiger partial charge in [-0.3, -0.25) is 0 Å². The molecule has 5 aromatic rings. The first-order chi connectivity index (χ1) is 20.0. The molecule has 0 aliphatic heterocycles. The molecule has 0 amide bonds. The fourth-order valence-electron chi connectivity index (χ4n) is 7.16. The van der Waals surface area contributed by atoms with Crippen molar-refractivity contribution in [2.24, 2.45) is 7.05 Å². The van der Waals surface area contributed by atoms with Gasteiger partial charge in [-0.05, 0) is 84.2 Å². The summed E-state index contributed by atoms with van der Waals surface area (Å²) in [5, 5.41) is 2.11. The molecule has 0 N–H and O–H groups in total. The standard InChI is InChI=1S/C37H40NO/c1-24-18-19-31-30-15-10-14-29(35(30)39-36(31)33(24)32-17-8-9-23-38(32)4)27-21-20-26(25-12-6-5-7-13-25)34-28(27)16-11-22-37(34,2)3/h8-10,14-15,17-21,23,25H,5-7,11-13,16,22H2,1-4H3/q+1/i16D2,25D. The number of benzene rings is 3. The van der Waals surface area contributed by atoms with Crippen LogP contribution in [0.4, 0.5) is 0 Å². The van der Waals surface area contributed by atoms with Gasteiger partial charge in [0.15, 0.2) is 6.20 Å². The Kier molecular flexibility index (Phi) is 5.15. The molecule has 0 atom stereocenters. The largest absolute Gasteiger partial charge is 0.454 e. The summed E-state index contributed by atoms with van der Waals surface area (Å²) in [6.07, 6.45) is 6.80. The molecule has 39 heavy (non-hydrogen) atoms. The highest BCUT2D eigenvalue weighted by molar-refractivity contribution is 6.13. The maximum atomic E-state index is 9.59. The van der Waals surface area contributed by atoms with Crippen molar-refractivity contribution in [1.29, 1.82) is 0 Å². The molecule has 7 rings (SSSR count). The number of nitrogens with zero attached hydrogens (tertiary/aromatic N) is 1. The van der Waals surface area contributed by atoms with Crippen LogP contribution in [0.15, 0.2) is 71.3 Å². The SMILES string of the molecule is [2H]C1([2H])CCC(C)(C)c2c(C3([2H])CCCCC3)ccc(-c3cccc4c3oc3c(-c5cccc[n+]5C)c(C)ccc34)c21. The Labute approximate surface area is 236 Å². The molecule has 2 nitrogen and oxygen atoms in total. The summed E-state index contributed by atoms with van der Waals surface area (Å²) < 4.78 is 37.2. The maximum Gasteiger partial charge on any atom is 0.216 e. The number of pyridine rings is 1. The van der Waals surface area contributed by atoms with Crippen LogP contribution >= 0.6 is 0 Å². The smallest absolute Gasteiger partial charge is 0.216 e. The lowest BCUT2D eigenvalue weighted by Gasteiger charge is -2.38. The van der Waals surface area contributed by atoms with E-state index in [1.54, 1.807) is 0 Å². The Morgan fingerprint density at radius 1 is 0.872 bits per heavy atom. The number of furan rings is 1. The lowest BCUT2D eigenvalue weighted by atomic mass is 9.66. The monoisotopic (exact) mass is 517 g/mol. The van der Waals surface area contributed by atoms with E-state index in [4.69, 9.17) is 4.42 Å². The third kappa shape index (κ3) is 3.94. The van der Waals surface area contributed by atoms with Gasteiger partial charge in [-0.25, -0.2) is 4.57 Å². The predicted octanol–water partition coefficient (Wildman–Crippen LogP) is 9.71. The van der Waals surface area contributed by atoms with Gasteiger partial charge in [-0.2, -0.15) is 0 Å². The fourth-order valence-corrected chi connectivity index (χ4v) is 7.16. The Morgan fingerprint density at radius 2 is 1.69 bits per heavy atom. The van der Waals surface area contributed by atoms with Crippen molar-refractivity contribution in [3.8, 4) is 22.4 Å². The predicted molar refractivity (Wildman–Crippen MR) is 162 cm³/mol. The highest BCUT2D eigenvalue weighted by Gasteiger charge is 2.34. The number of rotatable bonds is 3. The van der Waals surface area contributed by atoms with E-state index in [9.17, 15) is 4.11 Å².